The lowest BCUT2D eigenvalue weighted by Crippen LogP contribution is -2.31. The predicted octanol–water partition coefficient (Wildman–Crippen LogP) is 3.70. The van der Waals surface area contributed by atoms with E-state index in [1.807, 2.05) is 6.92 Å². The monoisotopic (exact) mass is 311 g/mol. The average molecular weight is 312 g/mol. The van der Waals surface area contributed by atoms with Gasteiger partial charge in [-0.3, -0.25) is 0 Å². The molecule has 1 aliphatic rings. The smallest absolute Gasteiger partial charge is 0.137 e. The first-order chi connectivity index (χ1) is 9.79. The van der Waals surface area contributed by atoms with Crippen molar-refractivity contribution in [1.82, 2.24) is 9.97 Å². The van der Waals surface area contributed by atoms with E-state index in [-0.39, 0.29) is 11.5 Å². The summed E-state index contributed by atoms with van der Waals surface area (Å²) >= 11 is 6.23. The first-order valence-corrected chi connectivity index (χ1v) is 8.13. The molecule has 2 atom stereocenters. The summed E-state index contributed by atoms with van der Waals surface area (Å²) in [5.74, 6) is 1.83. The molecule has 2 unspecified atom stereocenters. The summed E-state index contributed by atoms with van der Waals surface area (Å²) in [5.41, 5.74) is 0.730. The average Bonchev–Trinajstić information content (AvgIpc) is 2.40. The fourth-order valence-electron chi connectivity index (χ4n) is 2.65. The maximum atomic E-state index is 10.1. The van der Waals surface area contributed by atoms with Crippen LogP contribution in [0.15, 0.2) is 0 Å². The highest BCUT2D eigenvalue weighted by atomic mass is 35.5. The number of hydrogen-bond donors (Lipinski definition) is 2. The van der Waals surface area contributed by atoms with Crippen molar-refractivity contribution in [3.8, 4) is 0 Å². The number of anilines is 1. The Labute approximate surface area is 132 Å². The van der Waals surface area contributed by atoms with Crippen LogP contribution >= 0.6 is 11.6 Å². The molecule has 0 radical (unpaired) electrons. The second-order valence-corrected chi connectivity index (χ2v) is 7.41. The van der Waals surface area contributed by atoms with E-state index < -0.39 is 0 Å². The Kier molecular flexibility index (Phi) is 5.10. The molecule has 5 heteroatoms. The van der Waals surface area contributed by atoms with Gasteiger partial charge in [-0.25, -0.2) is 9.97 Å². The van der Waals surface area contributed by atoms with Gasteiger partial charge in [-0.1, -0.05) is 45.2 Å². The van der Waals surface area contributed by atoms with Crippen molar-refractivity contribution >= 4 is 17.4 Å². The molecule has 1 saturated carbocycles. The number of nitrogens with zero attached hydrogens (tertiary/aromatic N) is 2. The molecule has 4 nitrogen and oxygen atoms in total. The van der Waals surface area contributed by atoms with Crippen LogP contribution in [0.2, 0.25) is 5.15 Å². The molecule has 118 valence electrons. The number of rotatable bonds is 3. The Balaban J connectivity index is 2.13. The van der Waals surface area contributed by atoms with Crippen LogP contribution in [-0.4, -0.2) is 27.7 Å². The second kappa shape index (κ2) is 6.49. The summed E-state index contributed by atoms with van der Waals surface area (Å²) in [7, 11) is 0. The molecular formula is C16H26ClN3O. The standard InChI is InChI=1S/C16H26ClN3O/c1-10-13(17)19-15(16(2,3)4)20-14(10)18-9-11-7-5-6-8-12(11)21/h11-12,21H,5-9H2,1-4H3,(H,18,19,20). The molecule has 0 bridgehead atoms. The van der Waals surface area contributed by atoms with E-state index in [0.717, 1.165) is 43.0 Å². The van der Waals surface area contributed by atoms with Crippen molar-refractivity contribution in [3.63, 3.8) is 0 Å². The minimum atomic E-state index is -0.203. The van der Waals surface area contributed by atoms with Gasteiger partial charge in [0, 0.05) is 23.4 Å². The van der Waals surface area contributed by atoms with Gasteiger partial charge in [0.2, 0.25) is 0 Å². The lowest BCUT2D eigenvalue weighted by molar-refractivity contribution is 0.0763. The number of hydrogen-bond acceptors (Lipinski definition) is 4. The molecule has 21 heavy (non-hydrogen) atoms. The highest BCUT2D eigenvalue weighted by Crippen LogP contribution is 2.28. The zero-order valence-electron chi connectivity index (χ0n) is 13.4. The van der Waals surface area contributed by atoms with Crippen molar-refractivity contribution < 1.29 is 5.11 Å². The highest BCUT2D eigenvalue weighted by Gasteiger charge is 2.24. The highest BCUT2D eigenvalue weighted by molar-refractivity contribution is 6.30. The summed E-state index contributed by atoms with van der Waals surface area (Å²) in [6.07, 6.45) is 4.09. The van der Waals surface area contributed by atoms with E-state index in [1.165, 1.54) is 6.42 Å². The van der Waals surface area contributed by atoms with Crippen LogP contribution < -0.4 is 5.32 Å². The van der Waals surface area contributed by atoms with Crippen molar-refractivity contribution in [1.29, 1.82) is 0 Å². The summed E-state index contributed by atoms with van der Waals surface area (Å²) in [6, 6.07) is 0. The van der Waals surface area contributed by atoms with E-state index in [0.29, 0.717) is 11.1 Å². The first kappa shape index (κ1) is 16.5. The molecule has 0 saturated heterocycles. The van der Waals surface area contributed by atoms with Crippen LogP contribution in [0.5, 0.6) is 0 Å². The summed E-state index contributed by atoms with van der Waals surface area (Å²) in [5, 5.41) is 13.9. The van der Waals surface area contributed by atoms with E-state index in [1.54, 1.807) is 0 Å². The Morgan fingerprint density at radius 2 is 1.90 bits per heavy atom. The van der Waals surface area contributed by atoms with Gasteiger partial charge in [-0.05, 0) is 19.8 Å². The van der Waals surface area contributed by atoms with Crippen molar-refractivity contribution in [2.75, 3.05) is 11.9 Å². The SMILES string of the molecule is Cc1c(Cl)nc(C(C)(C)C)nc1NCC1CCCCC1O. The predicted molar refractivity (Wildman–Crippen MR) is 86.9 cm³/mol. The summed E-state index contributed by atoms with van der Waals surface area (Å²) in [6.45, 7) is 8.88. The van der Waals surface area contributed by atoms with Gasteiger partial charge in [0.15, 0.2) is 0 Å². The lowest BCUT2D eigenvalue weighted by atomic mass is 9.86. The van der Waals surface area contributed by atoms with Crippen LogP contribution in [0, 0.1) is 12.8 Å². The third-order valence-corrected chi connectivity index (χ3v) is 4.53. The Bertz CT molecular complexity index is 499. The largest absolute Gasteiger partial charge is 0.393 e. The van der Waals surface area contributed by atoms with Gasteiger partial charge < -0.3 is 10.4 Å². The molecule has 0 aromatic carbocycles. The molecule has 0 spiro atoms. The minimum absolute atomic E-state index is 0.141. The van der Waals surface area contributed by atoms with Crippen molar-refractivity contribution in [2.45, 2.75) is 64.9 Å². The van der Waals surface area contributed by atoms with Crippen LogP contribution in [0.1, 0.15) is 57.8 Å². The summed E-state index contributed by atoms with van der Waals surface area (Å²) < 4.78 is 0. The molecule has 0 aliphatic heterocycles. The minimum Gasteiger partial charge on any atom is -0.393 e. The van der Waals surface area contributed by atoms with E-state index in [4.69, 9.17) is 11.6 Å². The molecule has 1 heterocycles. The Morgan fingerprint density at radius 3 is 2.52 bits per heavy atom. The first-order valence-electron chi connectivity index (χ1n) is 7.75. The van der Waals surface area contributed by atoms with Crippen LogP contribution in [0.4, 0.5) is 5.82 Å². The zero-order chi connectivity index (χ0) is 15.6. The van der Waals surface area contributed by atoms with E-state index in [9.17, 15) is 5.11 Å². The fourth-order valence-corrected chi connectivity index (χ4v) is 2.82. The normalized spacial score (nSPS) is 23.1. The molecule has 1 fully saturated rings. The molecule has 1 aliphatic carbocycles. The lowest BCUT2D eigenvalue weighted by Gasteiger charge is -2.28. The van der Waals surface area contributed by atoms with E-state index in [2.05, 4.69) is 36.1 Å². The number of aliphatic hydroxyl groups is 1. The number of aromatic nitrogens is 2. The summed E-state index contributed by atoms with van der Waals surface area (Å²) in [4.78, 5) is 9.00. The maximum Gasteiger partial charge on any atom is 0.137 e. The third kappa shape index (κ3) is 4.07. The van der Waals surface area contributed by atoms with Gasteiger partial charge in [0.05, 0.1) is 6.10 Å². The molecule has 2 N–H and O–H groups in total. The molecule has 2 rings (SSSR count). The number of nitrogens with one attached hydrogen (secondary N) is 1. The number of aliphatic hydroxyl groups excluding tert-OH is 1. The van der Waals surface area contributed by atoms with Gasteiger partial charge >= 0.3 is 0 Å². The number of halogens is 1. The topological polar surface area (TPSA) is 58.0 Å². The Morgan fingerprint density at radius 1 is 1.24 bits per heavy atom. The van der Waals surface area contributed by atoms with Crippen LogP contribution in [0.3, 0.4) is 0 Å². The zero-order valence-corrected chi connectivity index (χ0v) is 14.2. The molecule has 0 amide bonds. The van der Waals surface area contributed by atoms with Crippen molar-refractivity contribution in [2.24, 2.45) is 5.92 Å². The van der Waals surface area contributed by atoms with Gasteiger partial charge in [0.25, 0.3) is 0 Å². The second-order valence-electron chi connectivity index (χ2n) is 7.05. The molecule has 1 aromatic rings. The third-order valence-electron chi connectivity index (χ3n) is 4.16. The van der Waals surface area contributed by atoms with Crippen molar-refractivity contribution in [3.05, 3.63) is 16.5 Å². The van der Waals surface area contributed by atoms with Crippen LogP contribution in [0.25, 0.3) is 0 Å². The van der Waals surface area contributed by atoms with Gasteiger partial charge in [-0.15, -0.1) is 0 Å². The molecular weight excluding hydrogens is 286 g/mol. The van der Waals surface area contributed by atoms with Gasteiger partial charge in [-0.2, -0.15) is 0 Å². The maximum absolute atomic E-state index is 10.1. The quantitative estimate of drug-likeness (QED) is 0.836. The van der Waals surface area contributed by atoms with Gasteiger partial charge in [0.1, 0.15) is 16.8 Å². The van der Waals surface area contributed by atoms with E-state index >= 15 is 0 Å². The fraction of sp³-hybridized carbons (Fsp3) is 0.750. The molecule has 1 aromatic heterocycles. The van der Waals surface area contributed by atoms with Crippen LogP contribution in [-0.2, 0) is 5.41 Å². The Hall–Kier alpha value is -0.870.